The number of carboxylic acid groups (broad SMARTS) is 1. The third kappa shape index (κ3) is 5.78. The lowest BCUT2D eigenvalue weighted by Crippen LogP contribution is -2.12. The predicted molar refractivity (Wildman–Crippen MR) is 153 cm³/mol. The zero-order valence-electron chi connectivity index (χ0n) is 21.6. The molecular weight excluding hydrogens is 474 g/mol. The first-order valence-electron chi connectivity index (χ1n) is 13.0. The summed E-state index contributed by atoms with van der Waals surface area (Å²) >= 11 is 0. The van der Waals surface area contributed by atoms with Gasteiger partial charge >= 0.3 is 0 Å². The maximum Gasteiger partial charge on any atom is 0.290 e. The van der Waals surface area contributed by atoms with E-state index in [9.17, 15) is 9.90 Å². The molecular formula is C33H33NO4. The first kappa shape index (κ1) is 26.7. The van der Waals surface area contributed by atoms with Crippen molar-refractivity contribution in [3.63, 3.8) is 0 Å². The maximum atomic E-state index is 13.6. The molecule has 1 aliphatic rings. The molecule has 1 aliphatic carbocycles. The number of nitrogens with zero attached hydrogens (tertiary/aromatic N) is 1. The molecule has 1 aromatic heterocycles. The SMILES string of the molecule is CCC1=C(c2ccccc2)C(=C(O)c2cn(Cc3ccccc3)c3ccccc23)C(=O)CCCC1.O=CO. The fourth-order valence-electron chi connectivity index (χ4n) is 5.23. The molecule has 0 saturated heterocycles. The maximum absolute atomic E-state index is 13.6. The van der Waals surface area contributed by atoms with E-state index in [-0.39, 0.29) is 18.0 Å². The van der Waals surface area contributed by atoms with Gasteiger partial charge in [0, 0.05) is 35.6 Å². The van der Waals surface area contributed by atoms with Gasteiger partial charge in [-0.1, -0.05) is 91.4 Å². The van der Waals surface area contributed by atoms with Crippen LogP contribution in [0.25, 0.3) is 22.2 Å². The van der Waals surface area contributed by atoms with Gasteiger partial charge in [-0.25, -0.2) is 0 Å². The van der Waals surface area contributed by atoms with Crippen molar-refractivity contribution in [3.8, 4) is 0 Å². The van der Waals surface area contributed by atoms with E-state index < -0.39 is 0 Å². The molecule has 2 N–H and O–H groups in total. The van der Waals surface area contributed by atoms with Gasteiger partial charge in [-0.3, -0.25) is 9.59 Å². The largest absolute Gasteiger partial charge is 0.506 e. The molecule has 0 fully saturated rings. The number of rotatable bonds is 5. The molecule has 1 heterocycles. The van der Waals surface area contributed by atoms with Gasteiger partial charge in [0.15, 0.2) is 5.78 Å². The molecule has 0 saturated carbocycles. The summed E-state index contributed by atoms with van der Waals surface area (Å²) in [5.41, 5.74) is 6.55. The van der Waals surface area contributed by atoms with Crippen LogP contribution in [0.3, 0.4) is 0 Å². The minimum Gasteiger partial charge on any atom is -0.506 e. The number of hydrogen-bond acceptors (Lipinski definition) is 3. The van der Waals surface area contributed by atoms with Crippen molar-refractivity contribution in [2.75, 3.05) is 0 Å². The first-order chi connectivity index (χ1) is 18.6. The molecule has 0 aliphatic heterocycles. The standard InChI is InChI=1S/C32H31NO2.CH2O2/c1-2-24-15-9-12-20-29(34)31(30(24)25-16-7-4-8-17-25)32(35)27-22-33(21-23-13-5-3-6-14-23)28-19-11-10-18-26(27)28;2-1-3/h3-8,10-11,13-14,16-19,22,35H,2,9,12,15,20-21H2,1H3;1H,(H,2,3). The minimum atomic E-state index is -0.250. The Morgan fingerprint density at radius 3 is 2.18 bits per heavy atom. The van der Waals surface area contributed by atoms with Crippen molar-refractivity contribution in [2.24, 2.45) is 0 Å². The Bertz CT molecular complexity index is 1460. The van der Waals surface area contributed by atoms with Gasteiger partial charge in [-0.2, -0.15) is 0 Å². The Balaban J connectivity index is 0.00000107. The van der Waals surface area contributed by atoms with Crippen LogP contribution in [0.5, 0.6) is 0 Å². The van der Waals surface area contributed by atoms with Crippen LogP contribution in [-0.2, 0) is 16.1 Å². The Hall–Kier alpha value is -4.38. The average Bonchev–Trinajstić information content (AvgIpc) is 3.30. The number of aliphatic hydroxyl groups excluding tert-OH is 1. The van der Waals surface area contributed by atoms with Crippen LogP contribution in [0, 0.1) is 0 Å². The predicted octanol–water partition coefficient (Wildman–Crippen LogP) is 7.67. The molecule has 0 spiro atoms. The van der Waals surface area contributed by atoms with Crippen molar-refractivity contribution >= 4 is 34.5 Å². The number of carbonyl (C=O) groups is 2. The number of fused-ring (bicyclic) bond motifs is 1. The molecule has 3 aromatic carbocycles. The zero-order valence-corrected chi connectivity index (χ0v) is 21.6. The molecule has 5 heteroatoms. The molecule has 0 amide bonds. The zero-order chi connectivity index (χ0) is 26.9. The molecule has 4 aromatic rings. The number of ketones is 1. The number of Topliss-reactive ketones (excluding diaryl/α,β-unsaturated/α-hetero) is 1. The third-order valence-electron chi connectivity index (χ3n) is 6.98. The molecule has 0 atom stereocenters. The summed E-state index contributed by atoms with van der Waals surface area (Å²) in [5, 5.41) is 19.7. The molecule has 0 unspecified atom stereocenters. The molecule has 0 bridgehead atoms. The van der Waals surface area contributed by atoms with Crippen LogP contribution >= 0.6 is 0 Å². The van der Waals surface area contributed by atoms with Gasteiger partial charge in [0.2, 0.25) is 0 Å². The van der Waals surface area contributed by atoms with Gasteiger partial charge < -0.3 is 14.8 Å². The molecule has 194 valence electrons. The first-order valence-corrected chi connectivity index (χ1v) is 13.0. The van der Waals surface area contributed by atoms with E-state index in [4.69, 9.17) is 9.90 Å². The number of aromatic nitrogens is 1. The highest BCUT2D eigenvalue weighted by Crippen LogP contribution is 2.39. The van der Waals surface area contributed by atoms with Crippen LogP contribution in [-0.4, -0.2) is 27.0 Å². The van der Waals surface area contributed by atoms with E-state index >= 15 is 0 Å². The lowest BCUT2D eigenvalue weighted by molar-refractivity contribution is -0.123. The fraction of sp³-hybridized carbons (Fsp3) is 0.212. The molecule has 5 rings (SSSR count). The number of allylic oxidation sites excluding steroid dienone is 3. The molecule has 0 radical (unpaired) electrons. The van der Waals surface area contributed by atoms with Gasteiger partial charge in [-0.05, 0) is 48.4 Å². The molecule has 5 nitrogen and oxygen atoms in total. The lowest BCUT2D eigenvalue weighted by atomic mass is 9.82. The van der Waals surface area contributed by atoms with Crippen LogP contribution in [0.2, 0.25) is 0 Å². The van der Waals surface area contributed by atoms with Gasteiger partial charge in [0.05, 0.1) is 5.57 Å². The topological polar surface area (TPSA) is 79.5 Å². The summed E-state index contributed by atoms with van der Waals surface area (Å²) in [6, 6.07) is 28.5. The van der Waals surface area contributed by atoms with Crippen LogP contribution in [0.4, 0.5) is 0 Å². The monoisotopic (exact) mass is 507 g/mol. The minimum absolute atomic E-state index is 0.0203. The summed E-state index contributed by atoms with van der Waals surface area (Å²) in [6.07, 6.45) is 6.09. The highest BCUT2D eigenvalue weighted by atomic mass is 16.3. The second kappa shape index (κ2) is 12.7. The summed E-state index contributed by atoms with van der Waals surface area (Å²) in [4.78, 5) is 22.0. The van der Waals surface area contributed by atoms with E-state index in [0.717, 1.165) is 47.7 Å². The quantitative estimate of drug-likeness (QED) is 0.165. The van der Waals surface area contributed by atoms with E-state index in [1.807, 2.05) is 72.9 Å². The Kier molecular flexibility index (Phi) is 8.94. The number of hydrogen-bond donors (Lipinski definition) is 2. The Morgan fingerprint density at radius 2 is 1.50 bits per heavy atom. The van der Waals surface area contributed by atoms with Crippen LogP contribution in [0.15, 0.2) is 102 Å². The summed E-state index contributed by atoms with van der Waals surface area (Å²) < 4.78 is 2.16. The number of benzene rings is 3. The lowest BCUT2D eigenvalue weighted by Gasteiger charge is -2.21. The fourth-order valence-corrected chi connectivity index (χ4v) is 5.23. The highest BCUT2D eigenvalue weighted by Gasteiger charge is 2.27. The van der Waals surface area contributed by atoms with Gasteiger partial charge in [0.1, 0.15) is 5.76 Å². The number of carbonyl (C=O) groups excluding carboxylic acids is 1. The average molecular weight is 508 g/mol. The van der Waals surface area contributed by atoms with Crippen LogP contribution in [0.1, 0.15) is 55.7 Å². The van der Waals surface area contributed by atoms with Gasteiger partial charge in [0.25, 0.3) is 6.47 Å². The number of aliphatic hydroxyl groups is 1. The highest BCUT2D eigenvalue weighted by molar-refractivity contribution is 6.17. The van der Waals surface area contributed by atoms with Crippen molar-refractivity contribution in [3.05, 3.63) is 119 Å². The second-order valence-electron chi connectivity index (χ2n) is 9.33. The van der Waals surface area contributed by atoms with Crippen LogP contribution < -0.4 is 0 Å². The summed E-state index contributed by atoms with van der Waals surface area (Å²) in [5.74, 6) is 0.108. The third-order valence-corrected chi connectivity index (χ3v) is 6.98. The van der Waals surface area contributed by atoms with Crippen molar-refractivity contribution < 1.29 is 19.8 Å². The van der Waals surface area contributed by atoms with E-state index in [1.165, 1.54) is 11.1 Å². The summed E-state index contributed by atoms with van der Waals surface area (Å²) in [6.45, 7) is 2.59. The Morgan fingerprint density at radius 1 is 0.895 bits per heavy atom. The van der Waals surface area contributed by atoms with E-state index in [2.05, 4.69) is 29.7 Å². The normalized spacial score (nSPS) is 15.3. The molecule has 38 heavy (non-hydrogen) atoms. The van der Waals surface area contributed by atoms with Crippen molar-refractivity contribution in [1.82, 2.24) is 4.57 Å². The Labute approximate surface area is 223 Å². The smallest absolute Gasteiger partial charge is 0.290 e. The second-order valence-corrected chi connectivity index (χ2v) is 9.33. The summed E-state index contributed by atoms with van der Waals surface area (Å²) in [7, 11) is 0. The van der Waals surface area contributed by atoms with Gasteiger partial charge in [-0.15, -0.1) is 0 Å². The van der Waals surface area contributed by atoms with E-state index in [1.54, 1.807) is 0 Å². The van der Waals surface area contributed by atoms with E-state index in [0.29, 0.717) is 24.1 Å². The number of para-hydroxylation sites is 1. The van der Waals surface area contributed by atoms with Crippen molar-refractivity contribution in [2.45, 2.75) is 45.6 Å². The van der Waals surface area contributed by atoms with Crippen molar-refractivity contribution in [1.29, 1.82) is 0 Å².